The zero-order chi connectivity index (χ0) is 49.0. The average Bonchev–Trinajstić information content (AvgIpc) is 3.62. The van der Waals surface area contributed by atoms with Gasteiger partial charge in [-0.3, -0.25) is 0 Å². The van der Waals surface area contributed by atoms with Crippen LogP contribution in [0.3, 0.4) is 0 Å². The molecule has 0 saturated heterocycles. The minimum absolute atomic E-state index is 0.157. The van der Waals surface area contributed by atoms with Crippen LogP contribution in [0.1, 0.15) is 138 Å². The molecule has 1 atom stereocenters. The Labute approximate surface area is 405 Å². The minimum atomic E-state index is -0.388. The van der Waals surface area contributed by atoms with Crippen LogP contribution in [-0.4, -0.2) is 0 Å². The van der Waals surface area contributed by atoms with Gasteiger partial charge in [-0.05, 0) is 154 Å². The van der Waals surface area contributed by atoms with Crippen molar-refractivity contribution in [2.45, 2.75) is 137 Å². The monoisotopic (exact) mass is 916 g/mol. The second-order valence-electron chi connectivity index (χ2n) is 23.0. The summed E-state index contributed by atoms with van der Waals surface area (Å²) in [7, 11) is 0. The van der Waals surface area contributed by atoms with Crippen molar-refractivity contribution in [1.29, 1.82) is 0 Å². The fourth-order valence-corrected chi connectivity index (χ4v) is 11.3. The number of hydrogen-bond donors (Lipinski definition) is 0. The molecule has 0 amide bonds. The Kier molecular flexibility index (Phi) is 10.8. The molecule has 2 aliphatic carbocycles. The predicted molar refractivity (Wildman–Crippen MR) is 276 cm³/mol. The van der Waals surface area contributed by atoms with Gasteiger partial charge in [-0.15, -0.1) is 0 Å². The number of nitrogens with zero attached hydrogens (tertiary/aromatic N) is 4. The summed E-state index contributed by atoms with van der Waals surface area (Å²) in [5.41, 5.74) is 17.1. The Bertz CT molecular complexity index is 3670. The van der Waals surface area contributed by atoms with Crippen molar-refractivity contribution < 1.29 is 17.7 Å². The summed E-state index contributed by atoms with van der Waals surface area (Å²) in [6.45, 7) is 30.8. The van der Waals surface area contributed by atoms with E-state index in [2.05, 4.69) is 170 Å². The van der Waals surface area contributed by atoms with E-state index in [9.17, 15) is 0 Å². The Morgan fingerprint density at radius 1 is 0.391 bits per heavy atom. The lowest BCUT2D eigenvalue weighted by atomic mass is 9.72. The molecular weight excluding hydrogens is 853 g/mol. The van der Waals surface area contributed by atoms with Gasteiger partial charge >= 0.3 is 0 Å². The molecular formula is C61H64N4O4. The molecule has 8 heteroatoms. The van der Waals surface area contributed by atoms with Crippen molar-refractivity contribution in [3.8, 4) is 0 Å². The van der Waals surface area contributed by atoms with Gasteiger partial charge < -0.3 is 17.7 Å². The van der Waals surface area contributed by atoms with Crippen molar-refractivity contribution >= 4 is 45.1 Å². The number of para-hydroxylation sites is 4. The van der Waals surface area contributed by atoms with Gasteiger partial charge in [-0.2, -0.15) is 0 Å². The van der Waals surface area contributed by atoms with Crippen LogP contribution in [0, 0.1) is 27.7 Å². The van der Waals surface area contributed by atoms with Gasteiger partial charge in [0.2, 0.25) is 0 Å². The van der Waals surface area contributed by atoms with E-state index in [1.54, 1.807) is 0 Å². The second kappa shape index (κ2) is 16.1. The summed E-state index contributed by atoms with van der Waals surface area (Å²) in [6, 6.07) is 37.6. The number of aryl methyl sites for hydroxylation is 4. The third kappa shape index (κ3) is 8.05. The number of benzene rings is 6. The zero-order valence-corrected chi connectivity index (χ0v) is 42.7. The molecule has 8 aromatic rings. The van der Waals surface area contributed by atoms with E-state index in [-0.39, 0.29) is 27.1 Å². The summed E-state index contributed by atoms with van der Waals surface area (Å²) < 4.78 is 27.8. The molecule has 6 aromatic carbocycles. The lowest BCUT2D eigenvalue weighted by Crippen LogP contribution is -2.27. The maximum absolute atomic E-state index is 7.03. The molecule has 1 spiro atoms. The quantitative estimate of drug-likeness (QED) is 0.175. The van der Waals surface area contributed by atoms with Gasteiger partial charge in [0.05, 0.1) is 22.7 Å². The van der Waals surface area contributed by atoms with E-state index in [1.807, 2.05) is 36.4 Å². The van der Waals surface area contributed by atoms with Crippen LogP contribution >= 0.6 is 0 Å². The molecule has 2 heterocycles. The maximum atomic E-state index is 7.03. The first kappa shape index (κ1) is 46.0. The highest BCUT2D eigenvalue weighted by atomic mass is 16.4. The Hall–Kier alpha value is -6.80. The highest BCUT2D eigenvalue weighted by Crippen LogP contribution is 2.63. The number of rotatable bonds is 4. The third-order valence-corrected chi connectivity index (χ3v) is 14.5. The molecule has 0 aliphatic heterocycles. The van der Waals surface area contributed by atoms with E-state index in [4.69, 9.17) is 37.6 Å². The summed E-state index contributed by atoms with van der Waals surface area (Å²) in [6.07, 6.45) is 1.74. The van der Waals surface area contributed by atoms with Crippen molar-refractivity contribution in [2.24, 2.45) is 20.0 Å². The molecule has 352 valence electrons. The summed E-state index contributed by atoms with van der Waals surface area (Å²) in [4.78, 5) is 20.8. The standard InChI is InChI=1S/C61H64N4O4/c1-35-21-19-22-36(2)51(35)64-55-56(65-52-37(3)23-20-24-38(52)4)69-50-32-44-42(30-48(50)68-55)60(13,14)34-61(44)33-59(11,12)41-29-47-49(31-43(41)61)67-54(63-46-28-18-16-26-40(46)58(8,9)10)53(66-47)62-45-27-17-15-25-39(45)57(5,6)7/h15-32H,33-34H2,1-14H3. The van der Waals surface area contributed by atoms with Crippen LogP contribution in [-0.2, 0) is 27.1 Å². The predicted octanol–water partition coefficient (Wildman–Crippen LogP) is 14.8. The van der Waals surface area contributed by atoms with Gasteiger partial charge in [0.25, 0.3) is 22.2 Å². The summed E-state index contributed by atoms with van der Waals surface area (Å²) in [5.74, 6) is 0. The fourth-order valence-electron chi connectivity index (χ4n) is 11.3. The second-order valence-corrected chi connectivity index (χ2v) is 23.0. The Morgan fingerprint density at radius 3 is 1.03 bits per heavy atom. The van der Waals surface area contributed by atoms with Crippen LogP contribution in [0.4, 0.5) is 22.7 Å². The largest absolute Gasteiger partial charge is 0.431 e. The minimum Gasteiger partial charge on any atom is -0.431 e. The molecule has 0 N–H and O–H groups in total. The molecule has 0 fully saturated rings. The van der Waals surface area contributed by atoms with Gasteiger partial charge in [0.15, 0.2) is 22.3 Å². The first-order chi connectivity index (χ1) is 32.5. The highest BCUT2D eigenvalue weighted by molar-refractivity contribution is 5.79. The summed E-state index contributed by atoms with van der Waals surface area (Å²) in [5, 5.41) is 0. The Balaban J connectivity index is 1.23. The lowest BCUT2D eigenvalue weighted by molar-refractivity contribution is 0.349. The fraction of sp³-hybridized carbons (Fsp3) is 0.344. The molecule has 10 rings (SSSR count). The van der Waals surface area contributed by atoms with E-state index in [0.717, 1.165) is 69.0 Å². The van der Waals surface area contributed by atoms with E-state index in [0.29, 0.717) is 44.5 Å². The zero-order valence-electron chi connectivity index (χ0n) is 42.7. The molecule has 0 saturated carbocycles. The molecule has 2 aliphatic rings. The van der Waals surface area contributed by atoms with Crippen LogP contribution in [0.5, 0.6) is 0 Å². The van der Waals surface area contributed by atoms with Crippen LogP contribution in [0.25, 0.3) is 22.3 Å². The van der Waals surface area contributed by atoms with Gasteiger partial charge in [0, 0.05) is 5.41 Å². The first-order valence-corrected chi connectivity index (χ1v) is 24.3. The van der Waals surface area contributed by atoms with Gasteiger partial charge in [-0.25, -0.2) is 20.0 Å². The van der Waals surface area contributed by atoms with Crippen molar-refractivity contribution in [2.75, 3.05) is 0 Å². The van der Waals surface area contributed by atoms with Crippen LogP contribution < -0.4 is 22.2 Å². The van der Waals surface area contributed by atoms with Crippen LogP contribution in [0.15, 0.2) is 147 Å². The lowest BCUT2D eigenvalue weighted by Gasteiger charge is -2.30. The van der Waals surface area contributed by atoms with E-state index < -0.39 is 0 Å². The third-order valence-electron chi connectivity index (χ3n) is 14.5. The molecule has 0 bridgehead atoms. The molecule has 1 unspecified atom stereocenters. The van der Waals surface area contributed by atoms with Crippen molar-refractivity contribution in [3.05, 3.63) is 187 Å². The number of fused-ring (bicyclic) bond motifs is 6. The van der Waals surface area contributed by atoms with E-state index in [1.165, 1.54) is 22.3 Å². The average molecular weight is 917 g/mol. The maximum Gasteiger partial charge on any atom is 0.284 e. The van der Waals surface area contributed by atoms with Crippen molar-refractivity contribution in [1.82, 2.24) is 0 Å². The molecule has 0 radical (unpaired) electrons. The highest BCUT2D eigenvalue weighted by Gasteiger charge is 2.57. The van der Waals surface area contributed by atoms with Gasteiger partial charge in [0.1, 0.15) is 0 Å². The summed E-state index contributed by atoms with van der Waals surface area (Å²) >= 11 is 0. The first-order valence-electron chi connectivity index (χ1n) is 24.3. The van der Waals surface area contributed by atoms with Gasteiger partial charge in [-0.1, -0.05) is 142 Å². The normalized spacial score (nSPS) is 18.5. The molecule has 2 aromatic heterocycles. The SMILES string of the molecule is Cc1cccc(C)c1N=c1oc2cc3c(cc2oc1=Nc1c(C)cccc1C)C1(CC(C)(C)c2cc4oc(=Nc5ccccc5C(C)(C)C)c(=Nc5ccccc5C(C)(C)C)oc4cc21)CC3(C)C. The smallest absolute Gasteiger partial charge is 0.284 e. The topological polar surface area (TPSA) is 102 Å². The van der Waals surface area contributed by atoms with Crippen molar-refractivity contribution in [3.63, 3.8) is 0 Å². The van der Waals surface area contributed by atoms with E-state index >= 15 is 0 Å². The molecule has 69 heavy (non-hydrogen) atoms. The number of hydrogen-bond acceptors (Lipinski definition) is 8. The molecule has 8 nitrogen and oxygen atoms in total. The Morgan fingerprint density at radius 2 is 0.696 bits per heavy atom. The van der Waals surface area contributed by atoms with Crippen LogP contribution in [0.2, 0.25) is 0 Å².